The molecule has 0 fully saturated rings. The molecule has 5 nitrogen and oxygen atoms in total. The average molecular weight is 352 g/mol. The largest absolute Gasteiger partial charge is 0.330 e. The van der Waals surface area contributed by atoms with Crippen LogP contribution < -0.4 is 16.6 Å². The molecule has 2 aromatic rings. The zero-order chi connectivity index (χ0) is 15.6. The van der Waals surface area contributed by atoms with E-state index in [9.17, 15) is 9.59 Å². The van der Waals surface area contributed by atoms with E-state index < -0.39 is 0 Å². The van der Waals surface area contributed by atoms with Crippen molar-refractivity contribution in [3.8, 4) is 0 Å². The molecular weight excluding hydrogens is 334 g/mol. The molecule has 0 aliphatic heterocycles. The Morgan fingerprint density at radius 2 is 1.81 bits per heavy atom. The van der Waals surface area contributed by atoms with Gasteiger partial charge in [0.1, 0.15) is 0 Å². The summed E-state index contributed by atoms with van der Waals surface area (Å²) in [5.74, 6) is 0. The lowest BCUT2D eigenvalue weighted by Gasteiger charge is -2.15. The first-order valence-corrected chi connectivity index (χ1v) is 7.44. The van der Waals surface area contributed by atoms with Crippen LogP contribution in [-0.2, 0) is 20.6 Å². The zero-order valence-electron chi connectivity index (χ0n) is 12.3. The van der Waals surface area contributed by atoms with E-state index in [0.717, 1.165) is 14.6 Å². The molecule has 0 spiro atoms. The molecule has 0 radical (unpaired) electrons. The molecule has 6 heteroatoms. The van der Waals surface area contributed by atoms with Crippen LogP contribution in [0.3, 0.4) is 0 Å². The van der Waals surface area contributed by atoms with Gasteiger partial charge in [0.05, 0.1) is 0 Å². The van der Waals surface area contributed by atoms with Gasteiger partial charge in [-0.3, -0.25) is 9.36 Å². The number of hydrogen-bond donors (Lipinski definition) is 1. The first-order chi connectivity index (χ1) is 9.90. The molecule has 21 heavy (non-hydrogen) atoms. The molecule has 0 aliphatic rings. The Kier molecular flexibility index (Phi) is 4.80. The molecule has 0 unspecified atom stereocenters. The summed E-state index contributed by atoms with van der Waals surface area (Å²) in [6.07, 6.45) is 1.59. The van der Waals surface area contributed by atoms with Crippen LogP contribution in [0.4, 0.5) is 0 Å². The number of nitrogens with zero attached hydrogens (tertiary/aromatic N) is 2. The number of aryl methyl sites for hydroxylation is 1. The second kappa shape index (κ2) is 6.41. The van der Waals surface area contributed by atoms with Crippen LogP contribution in [0.25, 0.3) is 0 Å². The van der Waals surface area contributed by atoms with E-state index in [2.05, 4.69) is 21.2 Å². The van der Waals surface area contributed by atoms with E-state index in [1.165, 1.54) is 11.6 Å². The summed E-state index contributed by atoms with van der Waals surface area (Å²) in [5, 5.41) is 3.31. The minimum Gasteiger partial charge on any atom is -0.306 e. The van der Waals surface area contributed by atoms with Gasteiger partial charge in [-0.05, 0) is 24.6 Å². The van der Waals surface area contributed by atoms with Gasteiger partial charge in [-0.25, -0.2) is 4.79 Å². The topological polar surface area (TPSA) is 56.0 Å². The molecule has 112 valence electrons. The lowest BCUT2D eigenvalue weighted by molar-refractivity contribution is 0.558. The van der Waals surface area contributed by atoms with E-state index >= 15 is 0 Å². The van der Waals surface area contributed by atoms with Crippen molar-refractivity contribution in [1.82, 2.24) is 14.5 Å². The summed E-state index contributed by atoms with van der Waals surface area (Å²) < 4.78 is 3.58. The van der Waals surface area contributed by atoms with Crippen LogP contribution in [0.15, 0.2) is 44.5 Å². The summed E-state index contributed by atoms with van der Waals surface area (Å²) in [4.78, 5) is 23.7. The normalized spacial score (nSPS) is 12.4. The van der Waals surface area contributed by atoms with Gasteiger partial charge in [0, 0.05) is 42.9 Å². The minimum atomic E-state index is -0.315. The van der Waals surface area contributed by atoms with Gasteiger partial charge in [-0.2, -0.15) is 0 Å². The highest BCUT2D eigenvalue weighted by Gasteiger charge is 2.09. The third kappa shape index (κ3) is 3.51. The number of benzene rings is 1. The number of rotatable bonds is 4. The number of halogens is 1. The molecule has 1 aromatic heterocycles. The van der Waals surface area contributed by atoms with Crippen LogP contribution in [0.5, 0.6) is 0 Å². The molecule has 0 aliphatic carbocycles. The smallest absolute Gasteiger partial charge is 0.306 e. The van der Waals surface area contributed by atoms with Gasteiger partial charge in [0.2, 0.25) is 0 Å². The Bertz CT molecular complexity index is 747. The van der Waals surface area contributed by atoms with E-state index in [1.807, 2.05) is 31.2 Å². The Hall–Kier alpha value is -1.66. The lowest BCUT2D eigenvalue weighted by Crippen LogP contribution is -2.39. The van der Waals surface area contributed by atoms with Crippen LogP contribution in [0.2, 0.25) is 0 Å². The standard InChI is InChI=1S/C15H18BrN3O2/c1-10(11-4-6-13(16)7-5-11)17-8-12-9-18(2)15(21)19(3)14(12)20/h4-7,9-10,17H,8H2,1-3H3/t10-/m1/s1. The maximum Gasteiger partial charge on any atom is 0.330 e. The van der Waals surface area contributed by atoms with Crippen LogP contribution in [0, 0.1) is 0 Å². The van der Waals surface area contributed by atoms with E-state index in [-0.39, 0.29) is 17.3 Å². The van der Waals surface area contributed by atoms with Crippen molar-refractivity contribution >= 4 is 15.9 Å². The van der Waals surface area contributed by atoms with Gasteiger partial charge in [-0.1, -0.05) is 28.1 Å². The number of hydrogen-bond acceptors (Lipinski definition) is 3. The highest BCUT2D eigenvalue weighted by atomic mass is 79.9. The highest BCUT2D eigenvalue weighted by Crippen LogP contribution is 2.16. The third-order valence-electron chi connectivity index (χ3n) is 3.49. The van der Waals surface area contributed by atoms with Gasteiger partial charge in [0.15, 0.2) is 0 Å². The molecule has 1 N–H and O–H groups in total. The van der Waals surface area contributed by atoms with Crippen molar-refractivity contribution < 1.29 is 0 Å². The molecular formula is C15H18BrN3O2. The van der Waals surface area contributed by atoms with E-state index in [0.29, 0.717) is 12.1 Å². The monoisotopic (exact) mass is 351 g/mol. The SMILES string of the molecule is C[C@@H](NCc1cn(C)c(=O)n(C)c1=O)c1ccc(Br)cc1. The summed E-state index contributed by atoms with van der Waals surface area (Å²) >= 11 is 3.41. The van der Waals surface area contributed by atoms with Crippen LogP contribution in [-0.4, -0.2) is 9.13 Å². The molecule has 1 atom stereocenters. The summed E-state index contributed by atoms with van der Waals surface area (Å²) in [6, 6.07) is 8.14. The fourth-order valence-corrected chi connectivity index (χ4v) is 2.40. The number of nitrogens with one attached hydrogen (secondary N) is 1. The fraction of sp³-hybridized carbons (Fsp3) is 0.333. The van der Waals surface area contributed by atoms with Gasteiger partial charge in [0.25, 0.3) is 5.56 Å². The van der Waals surface area contributed by atoms with Crippen molar-refractivity contribution in [3.05, 3.63) is 66.9 Å². The fourth-order valence-electron chi connectivity index (χ4n) is 2.14. The lowest BCUT2D eigenvalue weighted by atomic mass is 10.1. The molecule has 1 aromatic carbocycles. The predicted octanol–water partition coefficient (Wildman–Crippen LogP) is 1.70. The number of aromatic nitrogens is 2. The second-order valence-electron chi connectivity index (χ2n) is 5.07. The van der Waals surface area contributed by atoms with Crippen LogP contribution in [0.1, 0.15) is 24.1 Å². The first kappa shape index (κ1) is 15.7. The first-order valence-electron chi connectivity index (χ1n) is 6.64. The molecule has 0 saturated heterocycles. The molecule has 2 rings (SSSR count). The Morgan fingerprint density at radius 1 is 1.19 bits per heavy atom. The molecule has 1 heterocycles. The molecule has 0 bridgehead atoms. The average Bonchev–Trinajstić information content (AvgIpc) is 2.48. The maximum atomic E-state index is 12.0. The maximum absolute atomic E-state index is 12.0. The molecule has 0 amide bonds. The van der Waals surface area contributed by atoms with Crippen LogP contribution >= 0.6 is 15.9 Å². The molecule has 0 saturated carbocycles. The summed E-state index contributed by atoms with van der Waals surface area (Å²) in [5.41, 5.74) is 1.14. The van der Waals surface area contributed by atoms with Gasteiger partial charge < -0.3 is 9.88 Å². The third-order valence-corrected chi connectivity index (χ3v) is 4.01. The Balaban J connectivity index is 2.15. The van der Waals surface area contributed by atoms with Gasteiger partial charge in [-0.15, -0.1) is 0 Å². The highest BCUT2D eigenvalue weighted by molar-refractivity contribution is 9.10. The zero-order valence-corrected chi connectivity index (χ0v) is 13.8. The van der Waals surface area contributed by atoms with Crippen molar-refractivity contribution in [2.75, 3.05) is 0 Å². The van der Waals surface area contributed by atoms with E-state index in [4.69, 9.17) is 0 Å². The second-order valence-corrected chi connectivity index (χ2v) is 5.98. The Labute approximate surface area is 131 Å². The predicted molar refractivity (Wildman–Crippen MR) is 86.3 cm³/mol. The van der Waals surface area contributed by atoms with E-state index in [1.54, 1.807) is 13.2 Å². The minimum absolute atomic E-state index is 0.111. The summed E-state index contributed by atoms with van der Waals surface area (Å²) in [7, 11) is 3.13. The van der Waals surface area contributed by atoms with Gasteiger partial charge >= 0.3 is 5.69 Å². The van der Waals surface area contributed by atoms with Crippen molar-refractivity contribution in [2.45, 2.75) is 19.5 Å². The van der Waals surface area contributed by atoms with Crippen molar-refractivity contribution in [1.29, 1.82) is 0 Å². The quantitative estimate of drug-likeness (QED) is 0.911. The van der Waals surface area contributed by atoms with Crippen molar-refractivity contribution in [2.24, 2.45) is 14.1 Å². The summed E-state index contributed by atoms with van der Waals surface area (Å²) in [6.45, 7) is 2.45. The Morgan fingerprint density at radius 3 is 2.43 bits per heavy atom. The van der Waals surface area contributed by atoms with Crippen molar-refractivity contribution in [3.63, 3.8) is 0 Å².